The number of alkyl halides is 3. The second kappa shape index (κ2) is 9.10. The van der Waals surface area contributed by atoms with Crippen LogP contribution in [0.4, 0.5) is 29.2 Å². The molecule has 4 aromatic rings. The number of fused-ring (bicyclic) bond motifs is 1. The predicted molar refractivity (Wildman–Crippen MR) is 119 cm³/mol. The number of hydrogen-bond donors (Lipinski definition) is 3. The highest BCUT2D eigenvalue weighted by Gasteiger charge is 2.38. The molecule has 2 heterocycles. The van der Waals surface area contributed by atoms with E-state index in [0.717, 1.165) is 6.07 Å². The molecule has 0 unspecified atom stereocenters. The topological polar surface area (TPSA) is 106 Å². The summed E-state index contributed by atoms with van der Waals surface area (Å²) in [5.41, 5.74) is 7.19. The van der Waals surface area contributed by atoms with Crippen LogP contribution in [-0.4, -0.2) is 38.9 Å². The van der Waals surface area contributed by atoms with E-state index in [9.17, 15) is 22.7 Å². The highest BCUT2D eigenvalue weighted by Crippen LogP contribution is 2.39. The Hall–Kier alpha value is -3.99. The van der Waals surface area contributed by atoms with Gasteiger partial charge in [-0.25, -0.2) is 19.3 Å². The van der Waals surface area contributed by atoms with Gasteiger partial charge in [-0.3, -0.25) is 0 Å². The van der Waals surface area contributed by atoms with Crippen LogP contribution in [0.5, 0.6) is 11.6 Å². The van der Waals surface area contributed by atoms with Crippen molar-refractivity contribution in [2.75, 3.05) is 17.6 Å². The van der Waals surface area contributed by atoms with Crippen molar-refractivity contribution in [1.29, 1.82) is 0 Å². The number of nitrogens with zero attached hydrogens (tertiary/aromatic N) is 3. The van der Waals surface area contributed by atoms with Crippen LogP contribution in [0, 0.1) is 12.7 Å². The number of benzene rings is 2. The largest absolute Gasteiger partial charge is 0.437 e. The van der Waals surface area contributed by atoms with Crippen LogP contribution < -0.4 is 15.8 Å². The fourth-order valence-corrected chi connectivity index (χ4v) is 3.38. The van der Waals surface area contributed by atoms with Crippen LogP contribution in [0.2, 0.25) is 0 Å². The molecule has 11 heteroatoms. The van der Waals surface area contributed by atoms with E-state index in [4.69, 9.17) is 10.5 Å². The number of nitrogens with two attached hydrogens (primary N) is 1. The molecule has 0 amide bonds. The number of hydrogen-bond acceptors (Lipinski definition) is 7. The van der Waals surface area contributed by atoms with Gasteiger partial charge >= 0.3 is 6.18 Å². The summed E-state index contributed by atoms with van der Waals surface area (Å²) in [7, 11) is 0. The molecule has 0 spiro atoms. The first-order chi connectivity index (χ1) is 16.1. The summed E-state index contributed by atoms with van der Waals surface area (Å²) in [6, 6.07) is 10.8. The smallest absolute Gasteiger partial charge is 0.416 e. The quantitative estimate of drug-likeness (QED) is 0.344. The summed E-state index contributed by atoms with van der Waals surface area (Å²) in [4.78, 5) is 12.3. The van der Waals surface area contributed by atoms with Gasteiger partial charge in [0.15, 0.2) is 6.10 Å². The molecule has 4 rings (SSSR count). The van der Waals surface area contributed by atoms with Crippen LogP contribution in [0.3, 0.4) is 0 Å². The monoisotopic (exact) mass is 473 g/mol. The molecule has 4 N–H and O–H groups in total. The van der Waals surface area contributed by atoms with Gasteiger partial charge < -0.3 is 20.9 Å². The van der Waals surface area contributed by atoms with Crippen LogP contribution in [-0.2, 0) is 0 Å². The summed E-state index contributed by atoms with van der Waals surface area (Å²) in [6.07, 6.45) is -4.47. The molecule has 0 saturated heterocycles. The Morgan fingerprint density at radius 2 is 1.82 bits per heavy atom. The zero-order valence-electron chi connectivity index (χ0n) is 17.8. The van der Waals surface area contributed by atoms with Crippen molar-refractivity contribution in [2.24, 2.45) is 0 Å². The van der Waals surface area contributed by atoms with Gasteiger partial charge in [0.05, 0.1) is 16.9 Å². The lowest BCUT2D eigenvalue weighted by molar-refractivity contribution is -0.198. The minimum Gasteiger partial charge on any atom is -0.437 e. The molecule has 0 fully saturated rings. The fraction of sp³-hybridized carbons (Fsp3) is 0.174. The normalized spacial score (nSPS) is 12.5. The molecule has 2 aromatic carbocycles. The third-order valence-corrected chi connectivity index (χ3v) is 5.07. The molecule has 0 saturated carbocycles. The number of nitrogens with one attached hydrogen (secondary N) is 1. The minimum absolute atomic E-state index is 0.0703. The molecular weight excluding hydrogens is 454 g/mol. The van der Waals surface area contributed by atoms with Gasteiger partial charge in [-0.2, -0.15) is 13.2 Å². The first-order valence-electron chi connectivity index (χ1n) is 10.1. The Kier molecular flexibility index (Phi) is 6.20. The Morgan fingerprint density at radius 3 is 2.56 bits per heavy atom. The lowest BCUT2D eigenvalue weighted by Gasteiger charge is -2.19. The maximum Gasteiger partial charge on any atom is 0.416 e. The molecule has 0 aliphatic rings. The molecule has 0 bridgehead atoms. The van der Waals surface area contributed by atoms with Gasteiger partial charge in [-0.15, -0.1) is 0 Å². The number of aliphatic hydroxyl groups is 1. The Labute approximate surface area is 191 Å². The highest BCUT2D eigenvalue weighted by atomic mass is 19.4. The van der Waals surface area contributed by atoms with Crippen molar-refractivity contribution < 1.29 is 27.4 Å². The van der Waals surface area contributed by atoms with Crippen LogP contribution in [0.1, 0.15) is 5.56 Å². The molecule has 34 heavy (non-hydrogen) atoms. The number of anilines is 2. The van der Waals surface area contributed by atoms with E-state index in [1.165, 1.54) is 18.5 Å². The summed E-state index contributed by atoms with van der Waals surface area (Å²) < 4.78 is 58.8. The molecule has 7 nitrogen and oxygen atoms in total. The van der Waals surface area contributed by atoms with Crippen molar-refractivity contribution >= 4 is 22.4 Å². The highest BCUT2D eigenvalue weighted by molar-refractivity contribution is 5.99. The van der Waals surface area contributed by atoms with Gasteiger partial charge in [0, 0.05) is 29.7 Å². The van der Waals surface area contributed by atoms with Crippen LogP contribution in [0.25, 0.3) is 22.0 Å². The average Bonchev–Trinajstić information content (AvgIpc) is 2.79. The van der Waals surface area contributed by atoms with E-state index >= 15 is 0 Å². The van der Waals surface area contributed by atoms with Crippen molar-refractivity contribution in [1.82, 2.24) is 15.0 Å². The standard InChI is InChI=1S/C23H19F4N5O2/c1-12-4-5-13-14(6-7-16(24)19(13)31-11-18(33)23(25,26)27)20(12)34-21-15(3-2-9-29-21)17-8-10-30-22(28)32-17/h2-10,18,31,33H,11H2,1H3,(H2,28,30,32)/t18-/m0/s1. The number of aryl methyl sites for hydroxylation is 1. The fourth-order valence-electron chi connectivity index (χ4n) is 3.38. The Bertz CT molecular complexity index is 1350. The van der Waals surface area contributed by atoms with E-state index in [1.54, 1.807) is 37.3 Å². The van der Waals surface area contributed by atoms with Gasteiger partial charge in [-0.05, 0) is 42.8 Å². The van der Waals surface area contributed by atoms with Crippen molar-refractivity contribution in [3.8, 4) is 22.9 Å². The first kappa shape index (κ1) is 23.2. The molecule has 0 radical (unpaired) electrons. The van der Waals surface area contributed by atoms with E-state index in [1.807, 2.05) is 0 Å². The SMILES string of the molecule is Cc1ccc2c(NC[C@H](O)C(F)(F)F)c(F)ccc2c1Oc1ncccc1-c1ccnc(N)n1. The average molecular weight is 473 g/mol. The number of rotatable bonds is 6. The lowest BCUT2D eigenvalue weighted by Crippen LogP contribution is -2.35. The maximum absolute atomic E-state index is 14.5. The zero-order chi connectivity index (χ0) is 24.5. The summed E-state index contributed by atoms with van der Waals surface area (Å²) in [5.74, 6) is -0.172. The van der Waals surface area contributed by atoms with Crippen LogP contribution >= 0.6 is 0 Å². The molecule has 2 aromatic heterocycles. The number of pyridine rings is 1. The summed E-state index contributed by atoms with van der Waals surface area (Å²) in [6.45, 7) is 0.854. The molecule has 1 atom stereocenters. The van der Waals surface area contributed by atoms with Gasteiger partial charge in [0.2, 0.25) is 11.8 Å². The number of aromatic nitrogens is 3. The Balaban J connectivity index is 1.76. The lowest BCUT2D eigenvalue weighted by atomic mass is 10.0. The third kappa shape index (κ3) is 4.69. The molecule has 0 aliphatic heterocycles. The van der Waals surface area contributed by atoms with Crippen molar-refractivity contribution in [3.63, 3.8) is 0 Å². The van der Waals surface area contributed by atoms with E-state index in [-0.39, 0.29) is 22.9 Å². The van der Waals surface area contributed by atoms with Crippen LogP contribution in [0.15, 0.2) is 54.9 Å². The van der Waals surface area contributed by atoms with Crippen molar-refractivity contribution in [2.45, 2.75) is 19.2 Å². The van der Waals surface area contributed by atoms with E-state index in [0.29, 0.717) is 28.0 Å². The second-order valence-electron chi connectivity index (χ2n) is 7.43. The summed E-state index contributed by atoms with van der Waals surface area (Å²) >= 11 is 0. The van der Waals surface area contributed by atoms with Crippen molar-refractivity contribution in [3.05, 3.63) is 66.2 Å². The van der Waals surface area contributed by atoms with E-state index in [2.05, 4.69) is 20.3 Å². The number of aliphatic hydroxyl groups excluding tert-OH is 1. The van der Waals surface area contributed by atoms with Gasteiger partial charge in [0.25, 0.3) is 0 Å². The third-order valence-electron chi connectivity index (χ3n) is 5.07. The predicted octanol–water partition coefficient (Wildman–Crippen LogP) is 4.85. The summed E-state index contributed by atoms with van der Waals surface area (Å²) in [5, 5.41) is 12.4. The van der Waals surface area contributed by atoms with Gasteiger partial charge in [-0.1, -0.05) is 12.1 Å². The molecule has 176 valence electrons. The van der Waals surface area contributed by atoms with E-state index < -0.39 is 24.6 Å². The zero-order valence-corrected chi connectivity index (χ0v) is 17.8. The maximum atomic E-state index is 14.5. The Morgan fingerprint density at radius 1 is 1.06 bits per heavy atom. The number of halogens is 4. The first-order valence-corrected chi connectivity index (χ1v) is 10.1. The molecular formula is C23H19F4N5O2. The number of nitrogen functional groups attached to an aromatic ring is 1. The second-order valence-corrected chi connectivity index (χ2v) is 7.43. The minimum atomic E-state index is -4.83. The molecule has 0 aliphatic carbocycles. The number of ether oxygens (including phenoxy) is 1. The van der Waals surface area contributed by atoms with Gasteiger partial charge in [0.1, 0.15) is 11.6 Å².